The first-order valence-corrected chi connectivity index (χ1v) is 9.84. The molecule has 0 atom stereocenters. The first-order valence-electron chi connectivity index (χ1n) is 9.84. The van der Waals surface area contributed by atoms with E-state index < -0.39 is 5.97 Å². The fourth-order valence-electron chi connectivity index (χ4n) is 3.34. The second-order valence-corrected chi connectivity index (χ2v) is 7.16. The van der Waals surface area contributed by atoms with Crippen molar-refractivity contribution in [3.8, 4) is 11.1 Å². The molecule has 2 aromatic rings. The molecule has 31 heavy (non-hydrogen) atoms. The minimum absolute atomic E-state index is 0. The Hall–Kier alpha value is -1.96. The van der Waals surface area contributed by atoms with Gasteiger partial charge >= 0.3 is 5.97 Å². The number of carboxylic acids is 1. The Labute approximate surface area is 195 Å². The van der Waals surface area contributed by atoms with Crippen LogP contribution in [0.4, 0.5) is 4.39 Å². The monoisotopic (exact) mass is 470 g/mol. The maximum Gasteiger partial charge on any atom is 0.329 e. The van der Waals surface area contributed by atoms with Crippen LogP contribution in [0.3, 0.4) is 0 Å². The van der Waals surface area contributed by atoms with Crippen LogP contribution < -0.4 is 0 Å². The first-order chi connectivity index (χ1) is 14.1. The summed E-state index contributed by atoms with van der Waals surface area (Å²) in [7, 11) is 0. The van der Waals surface area contributed by atoms with E-state index in [0.717, 1.165) is 50.4 Å². The molecule has 0 bridgehead atoms. The normalized spacial score (nSPS) is 14.7. The second-order valence-electron chi connectivity index (χ2n) is 7.16. The number of carbonyl (C=O) groups is 1. The van der Waals surface area contributed by atoms with Crippen molar-refractivity contribution in [1.29, 1.82) is 0 Å². The van der Waals surface area contributed by atoms with Crippen LogP contribution >= 0.6 is 24.8 Å². The lowest BCUT2D eigenvalue weighted by atomic mass is 10.0. The topological polar surface area (TPSA) is 53.0 Å². The standard InChI is InChI=1S/C23H27FN2O3.2ClH/c24-22-9-7-21(8-10-22)20-5-3-19(4-6-20)17-26-14-12-25(13-15-26)11-1-2-16-29-18-23(27)28;;/h1-10H,11-18H2,(H,27,28);2*1H/b2-1+;;. The third kappa shape index (κ3) is 9.37. The average molecular weight is 471 g/mol. The molecule has 1 N–H and O–H groups in total. The lowest BCUT2D eigenvalue weighted by molar-refractivity contribution is -0.141. The lowest BCUT2D eigenvalue weighted by Crippen LogP contribution is -2.45. The summed E-state index contributed by atoms with van der Waals surface area (Å²) < 4.78 is 18.0. The van der Waals surface area contributed by atoms with E-state index in [1.807, 2.05) is 12.2 Å². The van der Waals surface area contributed by atoms with Crippen LogP contribution in [0, 0.1) is 5.82 Å². The van der Waals surface area contributed by atoms with Crippen molar-refractivity contribution in [2.75, 3.05) is 45.9 Å². The third-order valence-corrected chi connectivity index (χ3v) is 4.97. The van der Waals surface area contributed by atoms with Crippen molar-refractivity contribution in [3.63, 3.8) is 0 Å². The Morgan fingerprint density at radius 3 is 2.03 bits per heavy atom. The van der Waals surface area contributed by atoms with Crippen molar-refractivity contribution in [2.24, 2.45) is 0 Å². The van der Waals surface area contributed by atoms with Crippen LogP contribution in [0.1, 0.15) is 5.56 Å². The van der Waals surface area contributed by atoms with Crippen LogP contribution in [-0.4, -0.2) is 66.8 Å². The third-order valence-electron chi connectivity index (χ3n) is 4.97. The number of carboxylic acid groups (broad SMARTS) is 1. The Morgan fingerprint density at radius 1 is 0.903 bits per heavy atom. The van der Waals surface area contributed by atoms with Gasteiger partial charge in [-0.15, -0.1) is 24.8 Å². The van der Waals surface area contributed by atoms with Crippen LogP contribution in [0.25, 0.3) is 11.1 Å². The second kappa shape index (κ2) is 14.2. The molecular weight excluding hydrogens is 442 g/mol. The Kier molecular flexibility index (Phi) is 12.4. The van der Waals surface area contributed by atoms with Crippen LogP contribution in [-0.2, 0) is 16.1 Å². The number of hydrogen-bond donors (Lipinski definition) is 1. The Morgan fingerprint density at radius 2 is 1.45 bits per heavy atom. The molecule has 0 radical (unpaired) electrons. The molecule has 0 aliphatic carbocycles. The SMILES string of the molecule is Cl.Cl.O=C(O)COC/C=C/CN1CCN(Cc2ccc(-c3ccc(F)cc3)cc2)CC1. The largest absolute Gasteiger partial charge is 0.480 e. The molecule has 1 heterocycles. The quantitative estimate of drug-likeness (QED) is 0.441. The molecule has 8 heteroatoms. The van der Waals surface area contributed by atoms with E-state index in [0.29, 0.717) is 6.61 Å². The molecule has 5 nitrogen and oxygen atoms in total. The summed E-state index contributed by atoms with van der Waals surface area (Å²) >= 11 is 0. The zero-order valence-corrected chi connectivity index (χ0v) is 18.9. The molecule has 0 amide bonds. The molecule has 1 saturated heterocycles. The zero-order valence-electron chi connectivity index (χ0n) is 17.3. The van der Waals surface area contributed by atoms with Gasteiger partial charge in [0.2, 0.25) is 0 Å². The summed E-state index contributed by atoms with van der Waals surface area (Å²) in [5.41, 5.74) is 3.39. The van der Waals surface area contributed by atoms with E-state index in [2.05, 4.69) is 34.1 Å². The van der Waals surface area contributed by atoms with Crippen LogP contribution in [0.15, 0.2) is 60.7 Å². The molecule has 0 spiro atoms. The highest BCUT2D eigenvalue weighted by atomic mass is 35.5. The molecule has 1 aliphatic heterocycles. The van der Waals surface area contributed by atoms with Gasteiger partial charge in [0.15, 0.2) is 0 Å². The van der Waals surface area contributed by atoms with E-state index >= 15 is 0 Å². The van der Waals surface area contributed by atoms with Gasteiger partial charge in [0, 0.05) is 39.3 Å². The number of ether oxygens (including phenoxy) is 1. The van der Waals surface area contributed by atoms with Gasteiger partial charge in [-0.25, -0.2) is 9.18 Å². The highest BCUT2D eigenvalue weighted by molar-refractivity contribution is 5.85. The minimum atomic E-state index is -0.945. The highest BCUT2D eigenvalue weighted by Gasteiger charge is 2.15. The number of benzene rings is 2. The summed E-state index contributed by atoms with van der Waals surface area (Å²) in [5.74, 6) is -1.16. The number of rotatable bonds is 9. The van der Waals surface area contributed by atoms with Crippen molar-refractivity contribution in [1.82, 2.24) is 9.80 Å². The van der Waals surface area contributed by atoms with Gasteiger partial charge in [0.05, 0.1) is 6.61 Å². The van der Waals surface area contributed by atoms with Gasteiger partial charge in [0.25, 0.3) is 0 Å². The molecule has 0 unspecified atom stereocenters. The molecule has 2 aromatic carbocycles. The van der Waals surface area contributed by atoms with Crippen molar-refractivity contribution < 1.29 is 19.0 Å². The number of piperazine rings is 1. The van der Waals surface area contributed by atoms with Crippen molar-refractivity contribution in [2.45, 2.75) is 6.54 Å². The molecule has 1 fully saturated rings. The van der Waals surface area contributed by atoms with Crippen molar-refractivity contribution in [3.05, 3.63) is 72.1 Å². The van der Waals surface area contributed by atoms with E-state index in [1.165, 1.54) is 17.7 Å². The molecule has 0 aromatic heterocycles. The number of nitrogens with zero attached hydrogens (tertiary/aromatic N) is 2. The van der Waals surface area contributed by atoms with Gasteiger partial charge in [-0.3, -0.25) is 9.80 Å². The fourth-order valence-corrected chi connectivity index (χ4v) is 3.34. The Bertz CT molecular complexity index is 809. The van der Waals surface area contributed by atoms with E-state index in [4.69, 9.17) is 9.84 Å². The van der Waals surface area contributed by atoms with Gasteiger partial charge < -0.3 is 9.84 Å². The van der Waals surface area contributed by atoms with Gasteiger partial charge in [0.1, 0.15) is 12.4 Å². The van der Waals surface area contributed by atoms with Gasteiger partial charge in [-0.05, 0) is 28.8 Å². The summed E-state index contributed by atoms with van der Waals surface area (Å²) in [6, 6.07) is 15.1. The molecule has 0 saturated carbocycles. The predicted molar refractivity (Wildman–Crippen MR) is 126 cm³/mol. The summed E-state index contributed by atoms with van der Waals surface area (Å²) in [6.45, 7) is 5.91. The Balaban J connectivity index is 0.00000240. The fraction of sp³-hybridized carbons (Fsp3) is 0.348. The number of hydrogen-bond acceptors (Lipinski definition) is 4. The highest BCUT2D eigenvalue weighted by Crippen LogP contribution is 2.21. The lowest BCUT2D eigenvalue weighted by Gasteiger charge is -2.34. The average Bonchev–Trinajstić information content (AvgIpc) is 2.73. The van der Waals surface area contributed by atoms with Crippen LogP contribution in [0.2, 0.25) is 0 Å². The molecule has 170 valence electrons. The summed E-state index contributed by atoms with van der Waals surface area (Å²) in [6.07, 6.45) is 3.91. The van der Waals surface area contributed by atoms with Crippen molar-refractivity contribution >= 4 is 30.8 Å². The van der Waals surface area contributed by atoms with E-state index in [1.54, 1.807) is 12.1 Å². The minimum Gasteiger partial charge on any atom is -0.480 e. The summed E-state index contributed by atoms with van der Waals surface area (Å²) in [5, 5.41) is 8.50. The molecule has 3 rings (SSSR count). The van der Waals surface area contributed by atoms with Crippen LogP contribution in [0.5, 0.6) is 0 Å². The van der Waals surface area contributed by atoms with E-state index in [9.17, 15) is 9.18 Å². The maximum atomic E-state index is 13.1. The molecular formula is C23H29Cl2FN2O3. The van der Waals surface area contributed by atoms with Gasteiger partial charge in [-0.2, -0.15) is 0 Å². The zero-order chi connectivity index (χ0) is 20.5. The number of aliphatic carboxylic acids is 1. The maximum absolute atomic E-state index is 13.1. The van der Waals surface area contributed by atoms with Gasteiger partial charge in [-0.1, -0.05) is 48.6 Å². The summed E-state index contributed by atoms with van der Waals surface area (Å²) in [4.78, 5) is 15.2. The molecule has 1 aliphatic rings. The number of halogens is 3. The van der Waals surface area contributed by atoms with E-state index in [-0.39, 0.29) is 37.2 Å². The first kappa shape index (κ1) is 27.1. The smallest absolute Gasteiger partial charge is 0.329 e. The predicted octanol–water partition coefficient (Wildman–Crippen LogP) is 4.11.